The Kier molecular flexibility index (Phi) is 5.69. The average molecular weight is 426 g/mol. The van der Waals surface area contributed by atoms with E-state index in [9.17, 15) is 13.2 Å². The van der Waals surface area contributed by atoms with Crippen LogP contribution in [0.25, 0.3) is 17.2 Å². The van der Waals surface area contributed by atoms with Gasteiger partial charge in [-0.1, -0.05) is 30.3 Å². The Morgan fingerprint density at radius 3 is 2.63 bits per heavy atom. The summed E-state index contributed by atoms with van der Waals surface area (Å²) in [7, 11) is -3.51. The number of nitrogens with one attached hydrogen (secondary N) is 1. The van der Waals surface area contributed by atoms with Crippen molar-refractivity contribution < 1.29 is 17.6 Å². The van der Waals surface area contributed by atoms with E-state index in [1.807, 2.05) is 30.3 Å². The second-order valence-corrected chi connectivity index (χ2v) is 9.15. The first kappa shape index (κ1) is 20.3. The van der Waals surface area contributed by atoms with Crippen LogP contribution in [0.4, 0.5) is 5.69 Å². The number of piperidine rings is 1. The number of oxazole rings is 1. The smallest absolute Gasteiger partial charge is 0.236 e. The molecule has 8 heteroatoms. The van der Waals surface area contributed by atoms with Crippen LogP contribution in [0, 0.1) is 12.8 Å². The molecule has 0 saturated carbocycles. The second-order valence-electron chi connectivity index (χ2n) is 7.34. The topological polar surface area (TPSA) is 92.5 Å². The molecule has 2 aromatic carbocycles. The first-order valence-electron chi connectivity index (χ1n) is 9.82. The maximum Gasteiger partial charge on any atom is 0.236 e. The van der Waals surface area contributed by atoms with Gasteiger partial charge >= 0.3 is 0 Å². The summed E-state index contributed by atoms with van der Waals surface area (Å²) in [5.74, 6) is 0.235. The van der Waals surface area contributed by atoms with Gasteiger partial charge in [0.05, 0.1) is 0 Å². The lowest BCUT2D eigenvalue weighted by Gasteiger charge is -2.29. The fraction of sp³-hybridized carbons (Fsp3) is 0.273. The average Bonchev–Trinajstić information content (AvgIpc) is 3.12. The SMILES string of the molecule is Cc1nc2cc(NC(=O)C3CCN(S(=O)(=O)C=Cc4ccccc4)CC3)ccc2o1. The van der Waals surface area contributed by atoms with Gasteiger partial charge in [-0.3, -0.25) is 4.79 Å². The Morgan fingerprint density at radius 1 is 1.17 bits per heavy atom. The molecule has 1 amide bonds. The van der Waals surface area contributed by atoms with Gasteiger partial charge in [-0.05, 0) is 42.7 Å². The van der Waals surface area contributed by atoms with E-state index < -0.39 is 10.0 Å². The quantitative estimate of drug-likeness (QED) is 0.671. The van der Waals surface area contributed by atoms with Gasteiger partial charge in [0.25, 0.3) is 0 Å². The number of amides is 1. The second kappa shape index (κ2) is 8.41. The van der Waals surface area contributed by atoms with Crippen molar-refractivity contribution in [1.82, 2.24) is 9.29 Å². The van der Waals surface area contributed by atoms with Gasteiger partial charge < -0.3 is 9.73 Å². The molecule has 3 aromatic rings. The highest BCUT2D eigenvalue weighted by molar-refractivity contribution is 7.92. The van der Waals surface area contributed by atoms with E-state index in [-0.39, 0.29) is 11.8 Å². The largest absolute Gasteiger partial charge is 0.441 e. The number of hydrogen-bond acceptors (Lipinski definition) is 5. The Morgan fingerprint density at radius 2 is 1.90 bits per heavy atom. The van der Waals surface area contributed by atoms with Crippen LogP contribution in [0.1, 0.15) is 24.3 Å². The summed E-state index contributed by atoms with van der Waals surface area (Å²) >= 11 is 0. The lowest BCUT2D eigenvalue weighted by molar-refractivity contribution is -0.120. The van der Waals surface area contributed by atoms with E-state index in [0.717, 1.165) is 5.56 Å². The molecule has 1 aromatic heterocycles. The summed E-state index contributed by atoms with van der Waals surface area (Å²) in [5, 5.41) is 4.14. The third-order valence-corrected chi connectivity index (χ3v) is 6.74. The van der Waals surface area contributed by atoms with Crippen LogP contribution in [0.2, 0.25) is 0 Å². The Hall–Kier alpha value is -2.97. The van der Waals surface area contributed by atoms with Crippen LogP contribution in [0.15, 0.2) is 58.4 Å². The van der Waals surface area contributed by atoms with Gasteiger partial charge in [0.2, 0.25) is 15.9 Å². The fourth-order valence-corrected chi connectivity index (χ4v) is 4.77. The monoisotopic (exact) mass is 425 g/mol. The number of nitrogens with zero attached hydrogens (tertiary/aromatic N) is 2. The zero-order valence-electron chi connectivity index (χ0n) is 16.6. The molecular formula is C22H23N3O4S. The number of fused-ring (bicyclic) bond motifs is 1. The molecule has 0 aliphatic carbocycles. The zero-order chi connectivity index (χ0) is 21.1. The van der Waals surface area contributed by atoms with Gasteiger partial charge in [-0.2, -0.15) is 4.31 Å². The molecule has 1 aliphatic rings. The lowest BCUT2D eigenvalue weighted by Crippen LogP contribution is -2.40. The van der Waals surface area contributed by atoms with Crippen LogP contribution >= 0.6 is 0 Å². The maximum absolute atomic E-state index is 12.6. The Labute approximate surface area is 175 Å². The van der Waals surface area contributed by atoms with Crippen molar-refractivity contribution in [2.24, 2.45) is 5.92 Å². The first-order chi connectivity index (χ1) is 14.4. The summed E-state index contributed by atoms with van der Waals surface area (Å²) in [5.41, 5.74) is 2.85. The fourth-order valence-electron chi connectivity index (χ4n) is 3.55. The molecule has 0 atom stereocenters. The minimum Gasteiger partial charge on any atom is -0.441 e. The van der Waals surface area contributed by atoms with Gasteiger partial charge in [0, 0.05) is 37.0 Å². The van der Waals surface area contributed by atoms with Crippen molar-refractivity contribution in [3.05, 3.63) is 65.4 Å². The number of aryl methyl sites for hydroxylation is 1. The molecule has 2 heterocycles. The number of carbonyl (C=O) groups excluding carboxylic acids is 1. The minimum absolute atomic E-state index is 0.105. The molecule has 156 valence electrons. The molecule has 1 fully saturated rings. The van der Waals surface area contributed by atoms with Crippen LogP contribution < -0.4 is 5.32 Å². The van der Waals surface area contributed by atoms with Crippen molar-refractivity contribution in [3.8, 4) is 0 Å². The van der Waals surface area contributed by atoms with Gasteiger partial charge in [-0.15, -0.1) is 0 Å². The molecule has 4 rings (SSSR count). The third-order valence-electron chi connectivity index (χ3n) is 5.18. The summed E-state index contributed by atoms with van der Waals surface area (Å²) in [6, 6.07) is 14.6. The van der Waals surface area contributed by atoms with Crippen LogP contribution in [-0.2, 0) is 14.8 Å². The molecule has 1 saturated heterocycles. The zero-order valence-corrected chi connectivity index (χ0v) is 17.4. The molecule has 30 heavy (non-hydrogen) atoms. The highest BCUT2D eigenvalue weighted by Gasteiger charge is 2.30. The van der Waals surface area contributed by atoms with E-state index in [1.165, 1.54) is 9.71 Å². The number of hydrogen-bond donors (Lipinski definition) is 1. The standard InChI is InChI=1S/C22H23N3O4S/c1-16-23-20-15-19(7-8-21(20)29-16)24-22(26)18-9-12-25(13-10-18)30(27,28)14-11-17-5-3-2-4-6-17/h2-8,11,14-15,18H,9-10,12-13H2,1H3,(H,24,26). The summed E-state index contributed by atoms with van der Waals surface area (Å²) in [6.07, 6.45) is 2.56. The predicted octanol–water partition coefficient (Wildman–Crippen LogP) is 3.79. The molecule has 7 nitrogen and oxygen atoms in total. The van der Waals surface area contributed by atoms with Crippen molar-refractivity contribution in [3.63, 3.8) is 0 Å². The van der Waals surface area contributed by atoms with E-state index >= 15 is 0 Å². The van der Waals surface area contributed by atoms with Crippen molar-refractivity contribution in [2.45, 2.75) is 19.8 Å². The molecule has 0 spiro atoms. The van der Waals surface area contributed by atoms with Crippen molar-refractivity contribution >= 4 is 38.8 Å². The molecule has 0 bridgehead atoms. The first-order valence-corrected chi connectivity index (χ1v) is 11.3. The van der Waals surface area contributed by atoms with E-state index in [2.05, 4.69) is 10.3 Å². The molecular weight excluding hydrogens is 402 g/mol. The van der Waals surface area contributed by atoms with Gasteiger partial charge in [0.1, 0.15) is 5.52 Å². The number of carbonyl (C=O) groups is 1. The molecule has 0 radical (unpaired) electrons. The minimum atomic E-state index is -3.51. The number of anilines is 1. The van der Waals surface area contributed by atoms with Crippen molar-refractivity contribution in [2.75, 3.05) is 18.4 Å². The number of aromatic nitrogens is 1. The van der Waals surface area contributed by atoms with E-state index in [0.29, 0.717) is 48.6 Å². The highest BCUT2D eigenvalue weighted by Crippen LogP contribution is 2.24. The number of benzene rings is 2. The van der Waals surface area contributed by atoms with Gasteiger partial charge in [-0.25, -0.2) is 13.4 Å². The Bertz CT molecular complexity index is 1180. The summed E-state index contributed by atoms with van der Waals surface area (Å²) < 4.78 is 32.0. The van der Waals surface area contributed by atoms with E-state index in [1.54, 1.807) is 31.2 Å². The highest BCUT2D eigenvalue weighted by atomic mass is 32.2. The van der Waals surface area contributed by atoms with Gasteiger partial charge in [0.15, 0.2) is 11.5 Å². The molecule has 0 unspecified atom stereocenters. The Balaban J connectivity index is 1.35. The summed E-state index contributed by atoms with van der Waals surface area (Å²) in [6.45, 7) is 2.41. The maximum atomic E-state index is 12.6. The predicted molar refractivity (Wildman–Crippen MR) is 116 cm³/mol. The van der Waals surface area contributed by atoms with E-state index in [4.69, 9.17) is 4.42 Å². The third kappa shape index (κ3) is 4.60. The number of sulfonamides is 1. The normalized spacial score (nSPS) is 16.3. The lowest BCUT2D eigenvalue weighted by atomic mass is 9.97. The summed E-state index contributed by atoms with van der Waals surface area (Å²) in [4.78, 5) is 16.9. The molecule has 1 aliphatic heterocycles. The van der Waals surface area contributed by atoms with Crippen LogP contribution in [-0.4, -0.2) is 36.7 Å². The van der Waals surface area contributed by atoms with Crippen LogP contribution in [0.5, 0.6) is 0 Å². The van der Waals surface area contributed by atoms with Crippen LogP contribution in [0.3, 0.4) is 0 Å². The van der Waals surface area contributed by atoms with Crippen molar-refractivity contribution in [1.29, 1.82) is 0 Å². The number of rotatable bonds is 5. The molecule has 1 N–H and O–H groups in total.